The van der Waals surface area contributed by atoms with Crippen LogP contribution in [0, 0.1) is 11.8 Å². The van der Waals surface area contributed by atoms with Crippen molar-refractivity contribution < 1.29 is 14.3 Å². The van der Waals surface area contributed by atoms with E-state index in [1.807, 2.05) is 12.3 Å². The van der Waals surface area contributed by atoms with Crippen molar-refractivity contribution in [1.82, 2.24) is 4.98 Å². The van der Waals surface area contributed by atoms with Gasteiger partial charge in [0.05, 0.1) is 6.04 Å². The van der Waals surface area contributed by atoms with Crippen LogP contribution in [-0.4, -0.2) is 58.1 Å². The molecule has 0 unspecified atom stereocenters. The summed E-state index contributed by atoms with van der Waals surface area (Å²) in [6, 6.07) is 2.70. The second kappa shape index (κ2) is 10.6. The van der Waals surface area contributed by atoms with Crippen molar-refractivity contribution in [3.8, 4) is 0 Å². The first-order valence-electron chi connectivity index (χ1n) is 13.1. The Morgan fingerprint density at radius 2 is 2.00 bits per heavy atom. The number of fused-ring (bicyclic) bond motifs is 2. The van der Waals surface area contributed by atoms with E-state index in [2.05, 4.69) is 41.8 Å². The van der Waals surface area contributed by atoms with E-state index in [-0.39, 0.29) is 17.2 Å². The van der Waals surface area contributed by atoms with Crippen LogP contribution < -0.4 is 16.0 Å². The van der Waals surface area contributed by atoms with E-state index in [0.29, 0.717) is 12.5 Å². The molecule has 8 heteroatoms. The second-order valence-electron chi connectivity index (χ2n) is 12.1. The zero-order valence-electron chi connectivity index (χ0n) is 21.6. The number of hydrogen-bond donors (Lipinski definition) is 2. The van der Waals surface area contributed by atoms with Gasteiger partial charge in [-0.2, -0.15) is 0 Å². The molecular weight excluding hydrogens is 444 g/mol. The molecule has 34 heavy (non-hydrogen) atoms. The summed E-state index contributed by atoms with van der Waals surface area (Å²) in [5.41, 5.74) is 8.81. The molecule has 190 valence electrons. The lowest BCUT2D eigenvalue weighted by Crippen LogP contribution is -2.43. The van der Waals surface area contributed by atoms with Gasteiger partial charge in [0.1, 0.15) is 12.5 Å². The molecule has 3 aliphatic rings. The van der Waals surface area contributed by atoms with Crippen LogP contribution in [-0.2, 0) is 19.7 Å². The summed E-state index contributed by atoms with van der Waals surface area (Å²) in [6.45, 7) is 13.2. The average molecular weight is 489 g/mol. The predicted octanol–water partition coefficient (Wildman–Crippen LogP) is 4.35. The van der Waals surface area contributed by atoms with Gasteiger partial charge in [-0.1, -0.05) is 39.4 Å². The molecule has 3 N–H and O–H groups in total. The summed E-state index contributed by atoms with van der Waals surface area (Å²) in [5.74, 6) is 1.46. The van der Waals surface area contributed by atoms with E-state index in [1.165, 1.54) is 5.56 Å². The molecule has 2 aliphatic heterocycles. The van der Waals surface area contributed by atoms with E-state index in [4.69, 9.17) is 15.2 Å². The Morgan fingerprint density at radius 3 is 2.68 bits per heavy atom. The summed E-state index contributed by atoms with van der Waals surface area (Å²) in [4.78, 5) is 19.9. The largest absolute Gasteiger partial charge is 0.381 e. The third-order valence-corrected chi connectivity index (χ3v) is 9.81. The number of pyridine rings is 1. The topological polar surface area (TPSA) is 89.7 Å². The van der Waals surface area contributed by atoms with Gasteiger partial charge >= 0.3 is 0 Å². The molecule has 1 saturated heterocycles. The quantitative estimate of drug-likeness (QED) is 0.418. The number of aromatic nitrogens is 1. The SMILES string of the molecule is CC1CCC([C@H](N)C(=O)Nc2cc3c(cn2)C2(CCOCC2)CN3COCC[Si](C)(C)C)CC1. The van der Waals surface area contributed by atoms with Gasteiger partial charge in [0.2, 0.25) is 5.91 Å². The number of ether oxygens (including phenoxy) is 2. The second-order valence-corrected chi connectivity index (χ2v) is 17.7. The maximum Gasteiger partial charge on any atom is 0.242 e. The molecule has 1 saturated carbocycles. The molecule has 0 bridgehead atoms. The van der Waals surface area contributed by atoms with Crippen LogP contribution in [0.1, 0.15) is 51.0 Å². The molecule has 0 radical (unpaired) electrons. The standard InChI is InChI=1S/C26H44N4O3Si/c1-19-5-7-20(8-6-19)24(27)25(31)29-23-15-22-21(16-28-23)26(9-11-32-12-10-26)17-30(22)18-33-13-14-34(2,3)4/h15-16,19-20,24H,5-14,17-18,27H2,1-4H3,(H,28,29,31)/t19?,20?,24-/m0/s1. The highest BCUT2D eigenvalue weighted by Gasteiger charge is 2.44. The van der Waals surface area contributed by atoms with Crippen LogP contribution in [0.4, 0.5) is 11.5 Å². The molecule has 1 atom stereocenters. The van der Waals surface area contributed by atoms with E-state index in [9.17, 15) is 4.79 Å². The first-order chi connectivity index (χ1) is 16.2. The van der Waals surface area contributed by atoms with Gasteiger partial charge in [0.15, 0.2) is 0 Å². The van der Waals surface area contributed by atoms with Crippen LogP contribution in [0.2, 0.25) is 25.7 Å². The third-order valence-electron chi connectivity index (χ3n) is 8.10. The van der Waals surface area contributed by atoms with Crippen molar-refractivity contribution in [3.05, 3.63) is 17.8 Å². The Labute approximate surface area is 206 Å². The van der Waals surface area contributed by atoms with Gasteiger partial charge in [-0.25, -0.2) is 4.98 Å². The van der Waals surface area contributed by atoms with Crippen molar-refractivity contribution in [2.45, 2.75) is 82.6 Å². The summed E-state index contributed by atoms with van der Waals surface area (Å²) >= 11 is 0. The maximum atomic E-state index is 12.9. The monoisotopic (exact) mass is 488 g/mol. The van der Waals surface area contributed by atoms with Crippen LogP contribution in [0.3, 0.4) is 0 Å². The first kappa shape index (κ1) is 25.6. The lowest BCUT2D eigenvalue weighted by molar-refractivity contribution is -0.118. The Hall–Kier alpha value is -1.48. The van der Waals surface area contributed by atoms with Gasteiger partial charge < -0.3 is 25.4 Å². The van der Waals surface area contributed by atoms with Crippen molar-refractivity contribution in [2.24, 2.45) is 17.6 Å². The Morgan fingerprint density at radius 1 is 1.29 bits per heavy atom. The third kappa shape index (κ3) is 6.01. The molecule has 7 nitrogen and oxygen atoms in total. The molecule has 4 rings (SSSR count). The van der Waals surface area contributed by atoms with Gasteiger partial charge in [0, 0.05) is 63.4 Å². The number of nitrogens with one attached hydrogen (secondary N) is 1. The molecule has 1 aromatic heterocycles. The molecule has 2 fully saturated rings. The predicted molar refractivity (Wildman–Crippen MR) is 140 cm³/mol. The van der Waals surface area contributed by atoms with Crippen LogP contribution in [0.15, 0.2) is 12.3 Å². The van der Waals surface area contributed by atoms with E-state index >= 15 is 0 Å². The molecule has 0 aromatic carbocycles. The maximum absolute atomic E-state index is 12.9. The van der Waals surface area contributed by atoms with Crippen molar-refractivity contribution in [3.63, 3.8) is 0 Å². The molecule has 1 aliphatic carbocycles. The van der Waals surface area contributed by atoms with Gasteiger partial charge in [-0.3, -0.25) is 4.79 Å². The number of hydrogen-bond acceptors (Lipinski definition) is 6. The van der Waals surface area contributed by atoms with Gasteiger partial charge in [0.25, 0.3) is 0 Å². The number of amides is 1. The molecular formula is C26H44N4O3Si. The fourth-order valence-corrected chi connectivity index (χ4v) is 6.40. The minimum atomic E-state index is -1.13. The van der Waals surface area contributed by atoms with Crippen LogP contribution in [0.25, 0.3) is 0 Å². The van der Waals surface area contributed by atoms with Crippen LogP contribution in [0.5, 0.6) is 0 Å². The van der Waals surface area contributed by atoms with E-state index in [1.54, 1.807) is 0 Å². The first-order valence-corrected chi connectivity index (χ1v) is 16.8. The lowest BCUT2D eigenvalue weighted by Gasteiger charge is -2.34. The summed E-state index contributed by atoms with van der Waals surface area (Å²) < 4.78 is 11.8. The Balaban J connectivity index is 1.46. The smallest absolute Gasteiger partial charge is 0.242 e. The Bertz CT molecular complexity index is 845. The lowest BCUT2D eigenvalue weighted by atomic mass is 9.76. The van der Waals surface area contributed by atoms with Gasteiger partial charge in [-0.15, -0.1) is 0 Å². The fourth-order valence-electron chi connectivity index (χ4n) is 5.65. The summed E-state index contributed by atoms with van der Waals surface area (Å²) in [5, 5.41) is 3.02. The zero-order chi connectivity index (χ0) is 24.3. The van der Waals surface area contributed by atoms with Crippen molar-refractivity contribution >= 4 is 25.5 Å². The highest BCUT2D eigenvalue weighted by atomic mass is 28.3. The minimum absolute atomic E-state index is 0.0560. The number of nitrogens with zero attached hydrogens (tertiary/aromatic N) is 2. The van der Waals surface area contributed by atoms with Crippen molar-refractivity contribution in [2.75, 3.05) is 43.3 Å². The summed E-state index contributed by atoms with van der Waals surface area (Å²) in [7, 11) is -1.13. The average Bonchev–Trinajstić information content (AvgIpc) is 3.08. The highest BCUT2D eigenvalue weighted by molar-refractivity contribution is 6.76. The van der Waals surface area contributed by atoms with E-state index in [0.717, 1.165) is 82.5 Å². The number of nitrogens with two attached hydrogens (primary N) is 1. The van der Waals surface area contributed by atoms with Crippen molar-refractivity contribution in [1.29, 1.82) is 0 Å². The normalized spacial score (nSPS) is 25.3. The molecule has 1 spiro atoms. The number of rotatable bonds is 8. The highest BCUT2D eigenvalue weighted by Crippen LogP contribution is 2.47. The number of anilines is 2. The zero-order valence-corrected chi connectivity index (χ0v) is 22.6. The number of carbonyl (C=O) groups is 1. The van der Waals surface area contributed by atoms with Gasteiger partial charge in [-0.05, 0) is 43.6 Å². The fraction of sp³-hybridized carbons (Fsp3) is 0.769. The summed E-state index contributed by atoms with van der Waals surface area (Å²) in [6.07, 6.45) is 8.31. The Kier molecular flexibility index (Phi) is 8.01. The molecule has 1 aromatic rings. The number of carbonyl (C=O) groups excluding carboxylic acids is 1. The van der Waals surface area contributed by atoms with E-state index < -0.39 is 14.1 Å². The van der Waals surface area contributed by atoms with Crippen LogP contribution >= 0.6 is 0 Å². The minimum Gasteiger partial charge on any atom is -0.381 e. The molecule has 3 heterocycles. The molecule has 1 amide bonds.